The van der Waals surface area contributed by atoms with E-state index in [0.29, 0.717) is 32.0 Å². The van der Waals surface area contributed by atoms with Gasteiger partial charge in [0.2, 0.25) is 5.95 Å². The summed E-state index contributed by atoms with van der Waals surface area (Å²) in [5.74, 6) is 0.887. The zero-order chi connectivity index (χ0) is 14.0. The smallest absolute Gasteiger partial charge is 0.368 e. The summed E-state index contributed by atoms with van der Waals surface area (Å²) in [6.07, 6.45) is -2.52. The van der Waals surface area contributed by atoms with Crippen molar-refractivity contribution in [3.8, 4) is 0 Å². The van der Waals surface area contributed by atoms with E-state index in [1.54, 1.807) is 6.20 Å². The first-order chi connectivity index (χ1) is 8.85. The Morgan fingerprint density at radius 3 is 2.47 bits per heavy atom. The summed E-state index contributed by atoms with van der Waals surface area (Å²) < 4.78 is 36.9. The Morgan fingerprint density at radius 2 is 1.89 bits per heavy atom. The van der Waals surface area contributed by atoms with E-state index < -0.39 is 12.7 Å². The molecule has 0 aromatic carbocycles. The molecule has 2 heterocycles. The molecule has 0 atom stereocenters. The maximum atomic E-state index is 12.3. The van der Waals surface area contributed by atoms with Crippen LogP contribution in [0.1, 0.15) is 5.56 Å². The van der Waals surface area contributed by atoms with E-state index in [0.717, 1.165) is 5.56 Å². The van der Waals surface area contributed by atoms with Crippen molar-refractivity contribution in [1.29, 1.82) is 0 Å². The number of alkyl halides is 3. The molecule has 1 aromatic rings. The summed E-state index contributed by atoms with van der Waals surface area (Å²) in [4.78, 5) is 11.4. The molecule has 0 radical (unpaired) electrons. The lowest BCUT2D eigenvalue weighted by atomic mass is 10.2. The van der Waals surface area contributed by atoms with Crippen molar-refractivity contribution in [2.75, 3.05) is 43.4 Å². The third-order valence-electron chi connectivity index (χ3n) is 3.04. The lowest BCUT2D eigenvalue weighted by Crippen LogP contribution is -2.49. The highest BCUT2D eigenvalue weighted by Gasteiger charge is 2.32. The van der Waals surface area contributed by atoms with Crippen LogP contribution in [0.25, 0.3) is 0 Å². The average molecular weight is 275 g/mol. The molecule has 19 heavy (non-hydrogen) atoms. The van der Waals surface area contributed by atoms with E-state index in [4.69, 9.17) is 5.73 Å². The van der Waals surface area contributed by atoms with Crippen LogP contribution < -0.4 is 10.6 Å². The number of aromatic nitrogens is 2. The van der Waals surface area contributed by atoms with Crippen LogP contribution >= 0.6 is 0 Å². The number of nitrogens with two attached hydrogens (primary N) is 1. The normalized spacial score (nSPS) is 17.8. The highest BCUT2D eigenvalue weighted by atomic mass is 19.4. The van der Waals surface area contributed by atoms with Crippen molar-refractivity contribution in [2.24, 2.45) is 0 Å². The molecule has 1 aliphatic rings. The van der Waals surface area contributed by atoms with Gasteiger partial charge in [-0.15, -0.1) is 0 Å². The van der Waals surface area contributed by atoms with Gasteiger partial charge < -0.3 is 10.6 Å². The van der Waals surface area contributed by atoms with Gasteiger partial charge in [-0.1, -0.05) is 0 Å². The summed E-state index contributed by atoms with van der Waals surface area (Å²) >= 11 is 0. The SMILES string of the molecule is Cc1cnc(N)nc1N1CCN(CC(F)(F)F)CC1. The van der Waals surface area contributed by atoms with Gasteiger partial charge in [-0.3, -0.25) is 4.90 Å². The maximum Gasteiger partial charge on any atom is 0.401 e. The second-order valence-corrected chi connectivity index (χ2v) is 4.61. The number of nitrogen functional groups attached to an aromatic ring is 1. The van der Waals surface area contributed by atoms with Crippen molar-refractivity contribution in [3.63, 3.8) is 0 Å². The van der Waals surface area contributed by atoms with Gasteiger partial charge in [-0.2, -0.15) is 18.2 Å². The van der Waals surface area contributed by atoms with Crippen LogP contribution in [0.4, 0.5) is 24.9 Å². The Labute approximate surface area is 109 Å². The molecule has 0 saturated carbocycles. The molecule has 106 valence electrons. The van der Waals surface area contributed by atoms with Gasteiger partial charge in [0.25, 0.3) is 0 Å². The summed E-state index contributed by atoms with van der Waals surface area (Å²) in [5.41, 5.74) is 6.41. The van der Waals surface area contributed by atoms with Crippen LogP contribution in [0, 0.1) is 6.92 Å². The molecule has 1 aromatic heterocycles. The minimum Gasteiger partial charge on any atom is -0.368 e. The molecule has 2 rings (SSSR count). The van der Waals surface area contributed by atoms with Crippen molar-refractivity contribution in [2.45, 2.75) is 13.1 Å². The molecule has 0 unspecified atom stereocenters. The molecule has 8 heteroatoms. The molecule has 5 nitrogen and oxygen atoms in total. The second-order valence-electron chi connectivity index (χ2n) is 4.61. The van der Waals surface area contributed by atoms with E-state index >= 15 is 0 Å². The van der Waals surface area contributed by atoms with Gasteiger partial charge in [0.1, 0.15) is 5.82 Å². The molecule has 1 aliphatic heterocycles. The summed E-state index contributed by atoms with van der Waals surface area (Å²) in [6.45, 7) is 2.75. The Bertz CT molecular complexity index is 440. The van der Waals surface area contributed by atoms with Crippen LogP contribution in [0.2, 0.25) is 0 Å². The predicted molar refractivity (Wildman–Crippen MR) is 65.9 cm³/mol. The molecule has 0 bridgehead atoms. The largest absolute Gasteiger partial charge is 0.401 e. The van der Waals surface area contributed by atoms with Crippen LogP contribution in [0.3, 0.4) is 0 Å². The molecular formula is C11H16F3N5. The molecule has 1 fully saturated rings. The number of piperazine rings is 1. The minimum absolute atomic E-state index is 0.179. The van der Waals surface area contributed by atoms with Gasteiger partial charge in [-0.05, 0) is 6.92 Å². The van der Waals surface area contributed by atoms with Gasteiger partial charge >= 0.3 is 6.18 Å². The third kappa shape index (κ3) is 3.69. The van der Waals surface area contributed by atoms with Gasteiger partial charge in [0, 0.05) is 37.9 Å². The Hall–Kier alpha value is -1.57. The predicted octanol–water partition coefficient (Wildman–Crippen LogP) is 1.05. The number of hydrogen-bond acceptors (Lipinski definition) is 5. The zero-order valence-electron chi connectivity index (χ0n) is 10.6. The maximum absolute atomic E-state index is 12.3. The van der Waals surface area contributed by atoms with E-state index in [1.165, 1.54) is 4.90 Å². The fraction of sp³-hybridized carbons (Fsp3) is 0.636. The molecule has 0 amide bonds. The highest BCUT2D eigenvalue weighted by Crippen LogP contribution is 2.21. The zero-order valence-corrected chi connectivity index (χ0v) is 10.6. The molecule has 0 spiro atoms. The van der Waals surface area contributed by atoms with Gasteiger partial charge in [0.05, 0.1) is 6.54 Å². The average Bonchev–Trinajstić information content (AvgIpc) is 2.31. The summed E-state index contributed by atoms with van der Waals surface area (Å²) in [7, 11) is 0. The highest BCUT2D eigenvalue weighted by molar-refractivity contribution is 5.48. The van der Waals surface area contributed by atoms with Crippen molar-refractivity contribution in [1.82, 2.24) is 14.9 Å². The first-order valence-corrected chi connectivity index (χ1v) is 5.98. The lowest BCUT2D eigenvalue weighted by Gasteiger charge is -2.36. The Balaban J connectivity index is 1.98. The van der Waals surface area contributed by atoms with Crippen LogP contribution in [-0.2, 0) is 0 Å². The topological polar surface area (TPSA) is 58.3 Å². The molecule has 2 N–H and O–H groups in total. The van der Waals surface area contributed by atoms with Crippen LogP contribution in [0.15, 0.2) is 6.20 Å². The van der Waals surface area contributed by atoms with E-state index in [-0.39, 0.29) is 5.95 Å². The van der Waals surface area contributed by atoms with Crippen molar-refractivity contribution in [3.05, 3.63) is 11.8 Å². The third-order valence-corrected chi connectivity index (χ3v) is 3.04. The second kappa shape index (κ2) is 5.20. The van der Waals surface area contributed by atoms with Crippen LogP contribution in [-0.4, -0.2) is 53.8 Å². The van der Waals surface area contributed by atoms with Crippen LogP contribution in [0.5, 0.6) is 0 Å². The minimum atomic E-state index is -4.14. The number of nitrogens with zero attached hydrogens (tertiary/aromatic N) is 4. The molecule has 0 aliphatic carbocycles. The standard InChI is InChI=1S/C11H16F3N5/c1-8-6-16-10(15)17-9(8)19-4-2-18(3-5-19)7-11(12,13)14/h6H,2-5,7H2,1H3,(H2,15,16,17). The number of anilines is 2. The van der Waals surface area contributed by atoms with Gasteiger partial charge in [0.15, 0.2) is 0 Å². The summed E-state index contributed by atoms with van der Waals surface area (Å²) in [6, 6.07) is 0. The molecule has 1 saturated heterocycles. The fourth-order valence-electron chi connectivity index (χ4n) is 2.14. The Morgan fingerprint density at radius 1 is 1.26 bits per heavy atom. The monoisotopic (exact) mass is 275 g/mol. The van der Waals surface area contributed by atoms with Crippen molar-refractivity contribution >= 4 is 11.8 Å². The first kappa shape index (κ1) is 13.9. The number of hydrogen-bond donors (Lipinski definition) is 1. The van der Waals surface area contributed by atoms with Crippen molar-refractivity contribution < 1.29 is 13.2 Å². The summed E-state index contributed by atoms with van der Waals surface area (Å²) in [5, 5.41) is 0. The van der Waals surface area contributed by atoms with E-state index in [1.807, 2.05) is 11.8 Å². The van der Waals surface area contributed by atoms with E-state index in [2.05, 4.69) is 9.97 Å². The first-order valence-electron chi connectivity index (χ1n) is 5.98. The quantitative estimate of drug-likeness (QED) is 0.874. The lowest BCUT2D eigenvalue weighted by molar-refractivity contribution is -0.146. The van der Waals surface area contributed by atoms with Gasteiger partial charge in [-0.25, -0.2) is 4.98 Å². The van der Waals surface area contributed by atoms with E-state index in [9.17, 15) is 13.2 Å². The number of aryl methyl sites for hydroxylation is 1. The number of rotatable bonds is 2. The molecular weight excluding hydrogens is 259 g/mol. The number of halogens is 3. The fourth-order valence-corrected chi connectivity index (χ4v) is 2.14. The Kier molecular flexibility index (Phi) is 3.79.